The Labute approximate surface area is 191 Å². The highest BCUT2D eigenvalue weighted by atomic mass is 16.5. The van der Waals surface area contributed by atoms with Gasteiger partial charge in [-0.1, -0.05) is 13.3 Å². The van der Waals surface area contributed by atoms with Crippen LogP contribution in [0, 0.1) is 0 Å². The predicted molar refractivity (Wildman–Crippen MR) is 123 cm³/mol. The first-order valence-corrected chi connectivity index (χ1v) is 11.6. The summed E-state index contributed by atoms with van der Waals surface area (Å²) in [4.78, 5) is 26.6. The van der Waals surface area contributed by atoms with Crippen LogP contribution in [0.25, 0.3) is 0 Å². The van der Waals surface area contributed by atoms with Crippen LogP contribution in [-0.2, 0) is 9.53 Å². The Morgan fingerprint density at radius 3 is 2.69 bits per heavy atom. The molecule has 1 amide bonds. The lowest BCUT2D eigenvalue weighted by atomic mass is 10.1. The van der Waals surface area contributed by atoms with Gasteiger partial charge < -0.3 is 29.5 Å². The molecule has 0 radical (unpaired) electrons. The third kappa shape index (κ3) is 6.76. The molecular formula is C24H38N2O6. The molecule has 1 aromatic carbocycles. The molecule has 0 saturated carbocycles. The Hall–Kier alpha value is -2.48. The molecule has 0 bridgehead atoms. The number of carbonyl (C=O) groups is 2. The first kappa shape index (κ1) is 25.8. The summed E-state index contributed by atoms with van der Waals surface area (Å²) in [5, 5.41) is 13.2. The average Bonchev–Trinajstić information content (AvgIpc) is 2.90. The van der Waals surface area contributed by atoms with E-state index < -0.39 is 0 Å². The van der Waals surface area contributed by atoms with Crippen LogP contribution >= 0.6 is 0 Å². The molecule has 1 aliphatic rings. The lowest BCUT2D eigenvalue weighted by Gasteiger charge is -2.34. The average molecular weight is 451 g/mol. The predicted octanol–water partition coefficient (Wildman–Crippen LogP) is 3.61. The van der Waals surface area contributed by atoms with Crippen LogP contribution in [0.15, 0.2) is 12.1 Å². The summed E-state index contributed by atoms with van der Waals surface area (Å²) in [5.74, 6) is 0.789. The second-order valence-electron chi connectivity index (χ2n) is 8.08. The van der Waals surface area contributed by atoms with Crippen molar-refractivity contribution < 1.29 is 28.9 Å². The Bertz CT molecular complexity index is 754. The summed E-state index contributed by atoms with van der Waals surface area (Å²) in [6.45, 7) is 7.25. The zero-order chi connectivity index (χ0) is 23.5. The van der Waals surface area contributed by atoms with E-state index in [1.165, 1.54) is 0 Å². The number of unbranched alkanes of at least 4 members (excludes halogenated alkanes) is 2. The second-order valence-corrected chi connectivity index (χ2v) is 8.08. The van der Waals surface area contributed by atoms with Crippen LogP contribution in [0.5, 0.6) is 11.5 Å². The van der Waals surface area contributed by atoms with Crippen molar-refractivity contribution in [2.24, 2.45) is 0 Å². The van der Waals surface area contributed by atoms with Gasteiger partial charge in [0.25, 0.3) is 5.91 Å². The molecule has 1 aromatic rings. The standard InChI is InChI=1S/C24H38N2O6/c1-5-10-18(16-27)26-17(3)15-25-20-14-22(21(30-4)13-19(20)24(26)29)32-12-9-7-8-11-23(28)31-6-2/h13-14,17-18,25,27H,5-12,15-16H2,1-4H3/t17?,18-/m0/s1. The molecule has 8 nitrogen and oxygen atoms in total. The molecule has 8 heteroatoms. The molecule has 1 unspecified atom stereocenters. The van der Waals surface area contributed by atoms with Crippen LogP contribution < -0.4 is 14.8 Å². The SMILES string of the molecule is CCC[C@@H](CO)N1C(=O)c2cc(OC)c(OCCCCCC(=O)OCC)cc2NCC1C. The number of benzene rings is 1. The van der Waals surface area contributed by atoms with E-state index >= 15 is 0 Å². The number of nitrogens with zero attached hydrogens (tertiary/aromatic N) is 1. The number of ether oxygens (including phenoxy) is 3. The van der Waals surface area contributed by atoms with Gasteiger partial charge in [0.15, 0.2) is 11.5 Å². The molecule has 1 heterocycles. The van der Waals surface area contributed by atoms with Crippen molar-refractivity contribution in [1.82, 2.24) is 4.90 Å². The van der Waals surface area contributed by atoms with Gasteiger partial charge in [0.05, 0.1) is 44.2 Å². The van der Waals surface area contributed by atoms with Crippen LogP contribution in [0.4, 0.5) is 5.69 Å². The summed E-state index contributed by atoms with van der Waals surface area (Å²) >= 11 is 0. The molecule has 32 heavy (non-hydrogen) atoms. The fraction of sp³-hybridized carbons (Fsp3) is 0.667. The lowest BCUT2D eigenvalue weighted by Crippen LogP contribution is -2.48. The molecule has 0 saturated heterocycles. The number of carbonyl (C=O) groups excluding carboxylic acids is 2. The van der Waals surface area contributed by atoms with Crippen LogP contribution in [0.1, 0.15) is 69.7 Å². The second kappa shape index (κ2) is 13.2. The quantitative estimate of drug-likeness (QED) is 0.350. The number of hydrogen-bond donors (Lipinski definition) is 2. The first-order valence-electron chi connectivity index (χ1n) is 11.6. The highest BCUT2D eigenvalue weighted by Crippen LogP contribution is 2.36. The maximum absolute atomic E-state index is 13.4. The largest absolute Gasteiger partial charge is 0.493 e. The minimum atomic E-state index is -0.216. The number of methoxy groups -OCH3 is 1. The summed E-state index contributed by atoms with van der Waals surface area (Å²) in [6, 6.07) is 3.25. The van der Waals surface area contributed by atoms with E-state index in [0.29, 0.717) is 48.9 Å². The fourth-order valence-corrected chi connectivity index (χ4v) is 3.99. The van der Waals surface area contributed by atoms with Gasteiger partial charge in [-0.05, 0) is 45.6 Å². The van der Waals surface area contributed by atoms with Crippen molar-refractivity contribution in [2.45, 2.75) is 71.4 Å². The number of hydrogen-bond acceptors (Lipinski definition) is 7. The summed E-state index contributed by atoms with van der Waals surface area (Å²) < 4.78 is 16.4. The van der Waals surface area contributed by atoms with Crippen molar-refractivity contribution in [3.05, 3.63) is 17.7 Å². The summed E-state index contributed by atoms with van der Waals surface area (Å²) in [7, 11) is 1.55. The molecule has 0 fully saturated rings. The molecular weight excluding hydrogens is 412 g/mol. The minimum absolute atomic E-state index is 0.0617. The van der Waals surface area contributed by atoms with Gasteiger partial charge >= 0.3 is 5.97 Å². The van der Waals surface area contributed by atoms with Gasteiger partial charge in [-0.15, -0.1) is 0 Å². The maximum Gasteiger partial charge on any atom is 0.305 e. The smallest absolute Gasteiger partial charge is 0.305 e. The molecule has 1 aliphatic heterocycles. The van der Waals surface area contributed by atoms with Gasteiger partial charge in [0.1, 0.15) is 0 Å². The van der Waals surface area contributed by atoms with E-state index in [1.807, 2.05) is 19.9 Å². The molecule has 0 aliphatic carbocycles. The van der Waals surface area contributed by atoms with E-state index in [0.717, 1.165) is 32.1 Å². The molecule has 0 aromatic heterocycles. The first-order chi connectivity index (χ1) is 15.5. The molecule has 2 N–H and O–H groups in total. The zero-order valence-corrected chi connectivity index (χ0v) is 19.8. The zero-order valence-electron chi connectivity index (χ0n) is 19.8. The third-order valence-corrected chi connectivity index (χ3v) is 5.65. The third-order valence-electron chi connectivity index (χ3n) is 5.65. The van der Waals surface area contributed by atoms with Crippen LogP contribution in [0.2, 0.25) is 0 Å². The summed E-state index contributed by atoms with van der Waals surface area (Å²) in [5.41, 5.74) is 1.22. The van der Waals surface area contributed by atoms with E-state index in [-0.39, 0.29) is 30.6 Å². The maximum atomic E-state index is 13.4. The number of aliphatic hydroxyl groups excluding tert-OH is 1. The van der Waals surface area contributed by atoms with E-state index in [9.17, 15) is 14.7 Å². The number of esters is 1. The van der Waals surface area contributed by atoms with Gasteiger partial charge in [0.2, 0.25) is 0 Å². The van der Waals surface area contributed by atoms with Crippen molar-refractivity contribution in [3.63, 3.8) is 0 Å². The Morgan fingerprint density at radius 1 is 1.25 bits per heavy atom. The van der Waals surface area contributed by atoms with Gasteiger partial charge in [-0.3, -0.25) is 9.59 Å². The highest BCUT2D eigenvalue weighted by molar-refractivity contribution is 6.01. The monoisotopic (exact) mass is 450 g/mol. The van der Waals surface area contributed by atoms with Crippen molar-refractivity contribution in [3.8, 4) is 11.5 Å². The highest BCUT2D eigenvalue weighted by Gasteiger charge is 2.33. The minimum Gasteiger partial charge on any atom is -0.493 e. The van der Waals surface area contributed by atoms with Crippen molar-refractivity contribution in [2.75, 3.05) is 38.8 Å². The van der Waals surface area contributed by atoms with Crippen LogP contribution in [-0.4, -0.2) is 67.4 Å². The van der Waals surface area contributed by atoms with E-state index in [4.69, 9.17) is 14.2 Å². The number of amides is 1. The van der Waals surface area contributed by atoms with Gasteiger partial charge in [0, 0.05) is 25.1 Å². The normalized spacial score (nSPS) is 16.6. The number of rotatable bonds is 13. The van der Waals surface area contributed by atoms with Gasteiger partial charge in [-0.25, -0.2) is 0 Å². The van der Waals surface area contributed by atoms with Gasteiger partial charge in [-0.2, -0.15) is 0 Å². The molecule has 2 atom stereocenters. The van der Waals surface area contributed by atoms with Crippen molar-refractivity contribution in [1.29, 1.82) is 0 Å². The number of fused-ring (bicyclic) bond motifs is 1. The Balaban J connectivity index is 2.07. The summed E-state index contributed by atoms with van der Waals surface area (Å²) in [6.07, 6.45) is 4.47. The number of nitrogens with one attached hydrogen (secondary N) is 1. The Morgan fingerprint density at radius 2 is 2.03 bits per heavy atom. The number of aliphatic hydroxyl groups is 1. The molecule has 180 valence electrons. The lowest BCUT2D eigenvalue weighted by molar-refractivity contribution is -0.143. The molecule has 0 spiro atoms. The van der Waals surface area contributed by atoms with Crippen LogP contribution in [0.3, 0.4) is 0 Å². The van der Waals surface area contributed by atoms with E-state index in [2.05, 4.69) is 5.32 Å². The topological polar surface area (TPSA) is 97.3 Å². The van der Waals surface area contributed by atoms with Crippen molar-refractivity contribution >= 4 is 17.6 Å². The fourth-order valence-electron chi connectivity index (χ4n) is 3.99. The molecule has 2 rings (SSSR count). The Kier molecular flexibility index (Phi) is 10.6. The van der Waals surface area contributed by atoms with E-state index in [1.54, 1.807) is 25.0 Å². The number of anilines is 1.